The molecule has 136 valence electrons. The monoisotopic (exact) mass is 383 g/mol. The van der Waals surface area contributed by atoms with E-state index in [1.807, 2.05) is 0 Å². The van der Waals surface area contributed by atoms with Crippen LogP contribution in [0.3, 0.4) is 0 Å². The summed E-state index contributed by atoms with van der Waals surface area (Å²) in [5.74, 6) is 0. The number of thioether (sulfide) groups is 1. The van der Waals surface area contributed by atoms with Gasteiger partial charge in [0.25, 0.3) is 0 Å². The van der Waals surface area contributed by atoms with Gasteiger partial charge in [0.2, 0.25) is 0 Å². The summed E-state index contributed by atoms with van der Waals surface area (Å²) in [6, 6.07) is 16.2. The van der Waals surface area contributed by atoms with Crippen molar-refractivity contribution in [2.24, 2.45) is 0 Å². The first kappa shape index (κ1) is 17.8. The molecule has 2 heterocycles. The number of nitrogens with zero attached hydrogens (tertiary/aromatic N) is 3. The summed E-state index contributed by atoms with van der Waals surface area (Å²) < 4.78 is 1.29. The Morgan fingerprint density at radius 2 is 1.77 bits per heavy atom. The first-order valence-electron chi connectivity index (χ1n) is 9.14. The van der Waals surface area contributed by atoms with Gasteiger partial charge < -0.3 is 4.90 Å². The number of aryl methyl sites for hydroxylation is 1. The van der Waals surface area contributed by atoms with E-state index < -0.39 is 0 Å². The van der Waals surface area contributed by atoms with Crippen molar-refractivity contribution in [1.29, 1.82) is 0 Å². The minimum absolute atomic E-state index is 0.433. The van der Waals surface area contributed by atoms with Crippen LogP contribution < -0.4 is 4.90 Å². The van der Waals surface area contributed by atoms with Crippen molar-refractivity contribution in [3.8, 4) is 0 Å². The Balaban J connectivity index is 1.42. The molecule has 1 atom stereocenters. The number of hydrogen-bond acceptors (Lipinski definition) is 5. The van der Waals surface area contributed by atoms with Crippen LogP contribution >= 0.6 is 23.1 Å². The van der Waals surface area contributed by atoms with Crippen molar-refractivity contribution in [2.45, 2.75) is 24.8 Å². The lowest BCUT2D eigenvalue weighted by molar-refractivity contribution is 0.198. The second-order valence-electron chi connectivity index (χ2n) is 6.86. The maximum Gasteiger partial charge on any atom is 0.0907 e. The van der Waals surface area contributed by atoms with Gasteiger partial charge in [0.05, 0.1) is 15.2 Å². The van der Waals surface area contributed by atoms with Gasteiger partial charge >= 0.3 is 0 Å². The lowest BCUT2D eigenvalue weighted by atomic mass is 10.1. The summed E-state index contributed by atoms with van der Waals surface area (Å²) in [4.78, 5) is 11.1. The van der Waals surface area contributed by atoms with Crippen LogP contribution in [0.15, 0.2) is 47.4 Å². The van der Waals surface area contributed by atoms with E-state index in [0.29, 0.717) is 6.04 Å². The van der Waals surface area contributed by atoms with E-state index in [1.165, 1.54) is 20.8 Å². The highest BCUT2D eigenvalue weighted by molar-refractivity contribution is 7.98. The zero-order valence-electron chi connectivity index (χ0n) is 15.6. The summed E-state index contributed by atoms with van der Waals surface area (Å²) >= 11 is 3.57. The van der Waals surface area contributed by atoms with Gasteiger partial charge in [-0.3, -0.25) is 4.90 Å². The zero-order chi connectivity index (χ0) is 18.1. The molecule has 26 heavy (non-hydrogen) atoms. The maximum atomic E-state index is 4.66. The van der Waals surface area contributed by atoms with E-state index in [-0.39, 0.29) is 0 Å². The molecule has 1 aliphatic heterocycles. The quantitative estimate of drug-likeness (QED) is 0.576. The van der Waals surface area contributed by atoms with Crippen molar-refractivity contribution >= 4 is 39.0 Å². The third kappa shape index (κ3) is 3.61. The number of benzene rings is 2. The van der Waals surface area contributed by atoms with E-state index in [1.54, 1.807) is 23.1 Å². The Morgan fingerprint density at radius 1 is 1.04 bits per heavy atom. The fourth-order valence-corrected chi connectivity index (χ4v) is 4.91. The third-order valence-corrected chi connectivity index (χ3v) is 7.00. The molecule has 1 fully saturated rings. The minimum Gasteiger partial charge on any atom is -0.369 e. The second kappa shape index (κ2) is 7.59. The molecule has 0 bridgehead atoms. The Labute approximate surface area is 164 Å². The molecule has 1 unspecified atom stereocenters. The van der Waals surface area contributed by atoms with Gasteiger partial charge in [-0.05, 0) is 62.1 Å². The Bertz CT molecular complexity index is 880. The molecule has 1 aliphatic rings. The largest absolute Gasteiger partial charge is 0.369 e. The average molecular weight is 384 g/mol. The van der Waals surface area contributed by atoms with E-state index in [0.717, 1.165) is 36.7 Å². The van der Waals surface area contributed by atoms with Gasteiger partial charge in [-0.1, -0.05) is 6.07 Å². The van der Waals surface area contributed by atoms with Gasteiger partial charge in [-0.15, -0.1) is 23.1 Å². The van der Waals surface area contributed by atoms with E-state index >= 15 is 0 Å². The van der Waals surface area contributed by atoms with Crippen molar-refractivity contribution in [1.82, 2.24) is 9.88 Å². The van der Waals surface area contributed by atoms with Crippen LogP contribution in [0.2, 0.25) is 0 Å². The number of rotatable bonds is 4. The number of hydrogen-bond donors (Lipinski definition) is 0. The number of anilines is 1. The van der Waals surface area contributed by atoms with E-state index in [2.05, 4.69) is 77.4 Å². The molecular weight excluding hydrogens is 358 g/mol. The van der Waals surface area contributed by atoms with Crippen LogP contribution in [0, 0.1) is 6.92 Å². The Hall–Kier alpha value is -1.56. The molecule has 0 amide bonds. The van der Waals surface area contributed by atoms with Gasteiger partial charge in [-0.2, -0.15) is 0 Å². The highest BCUT2D eigenvalue weighted by atomic mass is 32.2. The molecule has 0 aliphatic carbocycles. The van der Waals surface area contributed by atoms with Crippen molar-refractivity contribution in [3.63, 3.8) is 0 Å². The predicted octanol–water partition coefficient (Wildman–Crippen LogP) is 5.21. The predicted molar refractivity (Wildman–Crippen MR) is 115 cm³/mol. The molecule has 0 N–H and O–H groups in total. The van der Waals surface area contributed by atoms with Gasteiger partial charge in [0.15, 0.2) is 0 Å². The highest BCUT2D eigenvalue weighted by Gasteiger charge is 2.22. The minimum atomic E-state index is 0.433. The molecular formula is C21H25N3S2. The van der Waals surface area contributed by atoms with Crippen LogP contribution in [-0.4, -0.2) is 42.3 Å². The molecule has 0 saturated carbocycles. The molecule has 3 aromatic rings. The van der Waals surface area contributed by atoms with Crippen LogP contribution in [0.4, 0.5) is 5.69 Å². The average Bonchev–Trinajstić information content (AvgIpc) is 3.07. The highest BCUT2D eigenvalue weighted by Crippen LogP contribution is 2.29. The summed E-state index contributed by atoms with van der Waals surface area (Å²) in [5.41, 5.74) is 3.86. The fraction of sp³-hybridized carbons (Fsp3) is 0.381. The SMILES string of the molecule is CSc1ccc(N2CCN(C(C)c3ccc4sc(C)nc4c3)CC2)cc1. The topological polar surface area (TPSA) is 19.4 Å². The third-order valence-electron chi connectivity index (χ3n) is 5.30. The molecule has 1 aromatic heterocycles. The molecule has 2 aromatic carbocycles. The molecule has 3 nitrogen and oxygen atoms in total. The zero-order valence-corrected chi connectivity index (χ0v) is 17.2. The molecule has 1 saturated heterocycles. The summed E-state index contributed by atoms with van der Waals surface area (Å²) in [5, 5.41) is 1.14. The van der Waals surface area contributed by atoms with Crippen molar-refractivity contribution in [2.75, 3.05) is 37.3 Å². The molecule has 4 rings (SSSR count). The second-order valence-corrected chi connectivity index (χ2v) is 8.97. The normalized spacial score (nSPS) is 17.0. The number of fused-ring (bicyclic) bond motifs is 1. The molecule has 0 spiro atoms. The summed E-state index contributed by atoms with van der Waals surface area (Å²) in [6.07, 6.45) is 2.12. The van der Waals surface area contributed by atoms with Crippen LogP contribution in [0.1, 0.15) is 23.5 Å². The maximum absolute atomic E-state index is 4.66. The van der Waals surface area contributed by atoms with Crippen LogP contribution in [0.25, 0.3) is 10.2 Å². The van der Waals surface area contributed by atoms with Gasteiger partial charge in [0, 0.05) is 42.8 Å². The fourth-order valence-electron chi connectivity index (χ4n) is 3.69. The van der Waals surface area contributed by atoms with E-state index in [4.69, 9.17) is 0 Å². The Kier molecular flexibility index (Phi) is 5.20. The number of aromatic nitrogens is 1. The number of thiazole rings is 1. The Morgan fingerprint density at radius 3 is 2.46 bits per heavy atom. The first-order chi connectivity index (χ1) is 12.6. The summed E-state index contributed by atoms with van der Waals surface area (Å²) in [7, 11) is 0. The van der Waals surface area contributed by atoms with Crippen LogP contribution in [0.5, 0.6) is 0 Å². The van der Waals surface area contributed by atoms with E-state index in [9.17, 15) is 0 Å². The lowest BCUT2D eigenvalue weighted by Crippen LogP contribution is -2.47. The van der Waals surface area contributed by atoms with Gasteiger partial charge in [0.1, 0.15) is 0 Å². The van der Waals surface area contributed by atoms with Gasteiger partial charge in [-0.25, -0.2) is 4.98 Å². The number of piperazine rings is 1. The first-order valence-corrected chi connectivity index (χ1v) is 11.2. The lowest BCUT2D eigenvalue weighted by Gasteiger charge is -2.39. The molecule has 0 radical (unpaired) electrons. The standard InChI is InChI=1S/C21H25N3S2/c1-15(17-4-9-21-20(14-17)22-16(2)26-21)23-10-12-24(13-11-23)18-5-7-19(25-3)8-6-18/h4-9,14-15H,10-13H2,1-3H3. The molecule has 5 heteroatoms. The van der Waals surface area contributed by atoms with Crippen LogP contribution in [-0.2, 0) is 0 Å². The van der Waals surface area contributed by atoms with Crippen molar-refractivity contribution in [3.05, 3.63) is 53.0 Å². The summed E-state index contributed by atoms with van der Waals surface area (Å²) in [6.45, 7) is 8.77. The van der Waals surface area contributed by atoms with Crippen molar-refractivity contribution < 1.29 is 0 Å². The smallest absolute Gasteiger partial charge is 0.0907 e.